The van der Waals surface area contributed by atoms with Crippen molar-refractivity contribution in [1.29, 1.82) is 0 Å². The molecule has 0 heterocycles. The molecule has 2 rings (SSSR count). The van der Waals surface area contributed by atoms with Crippen molar-refractivity contribution in [2.75, 3.05) is 7.11 Å². The van der Waals surface area contributed by atoms with Gasteiger partial charge in [0, 0.05) is 12.5 Å². The first kappa shape index (κ1) is 15.8. The van der Waals surface area contributed by atoms with Crippen molar-refractivity contribution in [3.05, 3.63) is 29.8 Å². The highest BCUT2D eigenvalue weighted by Gasteiger charge is 2.47. The molecular formula is C17H25NO3. The van der Waals surface area contributed by atoms with Crippen LogP contribution < -0.4 is 10.1 Å². The molecule has 21 heavy (non-hydrogen) atoms. The summed E-state index contributed by atoms with van der Waals surface area (Å²) < 4.78 is 11.0. The van der Waals surface area contributed by atoms with E-state index in [1.54, 1.807) is 0 Å². The number of carbonyl (C=O) groups is 1. The largest absolute Gasteiger partial charge is 0.490 e. The molecule has 0 aliphatic heterocycles. The zero-order chi connectivity index (χ0) is 15.5. The number of methoxy groups -OCH3 is 1. The molecule has 1 saturated carbocycles. The van der Waals surface area contributed by atoms with E-state index in [9.17, 15) is 4.79 Å². The van der Waals surface area contributed by atoms with E-state index in [1.165, 1.54) is 12.7 Å². The first-order valence-corrected chi connectivity index (χ1v) is 7.54. The number of hydrogen-bond acceptors (Lipinski definition) is 4. The Balaban J connectivity index is 2.07. The predicted octanol–water partition coefficient (Wildman–Crippen LogP) is 2.84. The van der Waals surface area contributed by atoms with Crippen LogP contribution >= 0.6 is 0 Å². The minimum Gasteiger partial charge on any atom is -0.490 e. The summed E-state index contributed by atoms with van der Waals surface area (Å²) in [5.74, 6) is 0.678. The third kappa shape index (κ3) is 3.76. The SMILES string of the molecule is COC(=O)C1(NC(C)C)CCC(Oc2cccc(C)c2)C1. The summed E-state index contributed by atoms with van der Waals surface area (Å²) in [6.07, 6.45) is 2.28. The van der Waals surface area contributed by atoms with Crippen LogP contribution in [0.3, 0.4) is 0 Å². The van der Waals surface area contributed by atoms with Gasteiger partial charge in [-0.2, -0.15) is 0 Å². The Morgan fingerprint density at radius 1 is 1.43 bits per heavy atom. The molecule has 4 nitrogen and oxygen atoms in total. The van der Waals surface area contributed by atoms with E-state index >= 15 is 0 Å². The maximum Gasteiger partial charge on any atom is 0.326 e. The van der Waals surface area contributed by atoms with Crippen molar-refractivity contribution in [1.82, 2.24) is 5.32 Å². The lowest BCUT2D eigenvalue weighted by Gasteiger charge is -2.30. The topological polar surface area (TPSA) is 47.6 Å². The molecule has 1 N–H and O–H groups in total. The second-order valence-corrected chi connectivity index (χ2v) is 6.17. The molecule has 0 bridgehead atoms. The van der Waals surface area contributed by atoms with Gasteiger partial charge in [0.05, 0.1) is 7.11 Å². The van der Waals surface area contributed by atoms with E-state index in [1.807, 2.05) is 45.0 Å². The lowest BCUT2D eigenvalue weighted by atomic mass is 9.96. The van der Waals surface area contributed by atoms with Gasteiger partial charge in [-0.05, 0) is 51.3 Å². The minimum absolute atomic E-state index is 0.0390. The number of carbonyl (C=O) groups excluding carboxylic acids is 1. The van der Waals surface area contributed by atoms with E-state index in [-0.39, 0.29) is 18.1 Å². The summed E-state index contributed by atoms with van der Waals surface area (Å²) in [5, 5.41) is 3.38. The van der Waals surface area contributed by atoms with Gasteiger partial charge in [0.15, 0.2) is 0 Å². The Kier molecular flexibility index (Phi) is 4.88. The molecule has 0 amide bonds. The molecule has 0 aromatic heterocycles. The number of hydrogen-bond donors (Lipinski definition) is 1. The van der Waals surface area contributed by atoms with Crippen molar-refractivity contribution in [3.8, 4) is 5.75 Å². The quantitative estimate of drug-likeness (QED) is 0.847. The smallest absolute Gasteiger partial charge is 0.326 e. The van der Waals surface area contributed by atoms with Gasteiger partial charge < -0.3 is 9.47 Å². The fraction of sp³-hybridized carbons (Fsp3) is 0.588. The van der Waals surface area contributed by atoms with Crippen LogP contribution in [-0.4, -0.2) is 30.8 Å². The standard InChI is InChI=1S/C17H25NO3/c1-12(2)18-17(16(19)20-4)9-8-15(11-17)21-14-7-5-6-13(3)10-14/h5-7,10,12,15,18H,8-9,11H2,1-4H3. The Bertz CT molecular complexity index is 501. The number of nitrogens with one attached hydrogen (secondary N) is 1. The number of benzene rings is 1. The molecule has 1 aromatic carbocycles. The van der Waals surface area contributed by atoms with Crippen LogP contribution in [-0.2, 0) is 9.53 Å². The summed E-state index contributed by atoms with van der Waals surface area (Å²) in [4.78, 5) is 12.2. The first-order valence-electron chi connectivity index (χ1n) is 7.54. The van der Waals surface area contributed by atoms with Crippen molar-refractivity contribution in [2.45, 2.75) is 57.7 Å². The van der Waals surface area contributed by atoms with Crippen LogP contribution in [0.25, 0.3) is 0 Å². The van der Waals surface area contributed by atoms with Crippen LogP contribution in [0.15, 0.2) is 24.3 Å². The molecule has 1 aliphatic carbocycles. The third-order valence-electron chi connectivity index (χ3n) is 3.90. The average molecular weight is 291 g/mol. The molecule has 2 atom stereocenters. The number of aryl methyl sites for hydroxylation is 1. The molecule has 1 fully saturated rings. The molecule has 4 heteroatoms. The van der Waals surface area contributed by atoms with Crippen molar-refractivity contribution in [3.63, 3.8) is 0 Å². The summed E-state index contributed by atoms with van der Waals surface area (Å²) >= 11 is 0. The van der Waals surface area contributed by atoms with Gasteiger partial charge in [-0.25, -0.2) is 0 Å². The minimum atomic E-state index is -0.614. The van der Waals surface area contributed by atoms with Gasteiger partial charge in [-0.3, -0.25) is 10.1 Å². The van der Waals surface area contributed by atoms with Gasteiger partial charge >= 0.3 is 5.97 Å². The van der Waals surface area contributed by atoms with Gasteiger partial charge in [-0.1, -0.05) is 12.1 Å². The van der Waals surface area contributed by atoms with E-state index < -0.39 is 5.54 Å². The number of rotatable bonds is 5. The maximum absolute atomic E-state index is 12.2. The van der Waals surface area contributed by atoms with Crippen LogP contribution in [0.4, 0.5) is 0 Å². The molecule has 2 unspecified atom stereocenters. The van der Waals surface area contributed by atoms with E-state index in [2.05, 4.69) is 5.32 Å². The first-order chi connectivity index (χ1) is 9.95. The predicted molar refractivity (Wildman–Crippen MR) is 82.5 cm³/mol. The van der Waals surface area contributed by atoms with Gasteiger partial charge in [-0.15, -0.1) is 0 Å². The maximum atomic E-state index is 12.2. The molecule has 0 saturated heterocycles. The molecule has 0 radical (unpaired) electrons. The van der Waals surface area contributed by atoms with Crippen molar-refractivity contribution < 1.29 is 14.3 Å². The highest BCUT2D eigenvalue weighted by Crippen LogP contribution is 2.34. The summed E-state index contributed by atoms with van der Waals surface area (Å²) in [6.45, 7) is 6.12. The third-order valence-corrected chi connectivity index (χ3v) is 3.90. The summed E-state index contributed by atoms with van der Waals surface area (Å²) in [7, 11) is 1.45. The number of esters is 1. The monoisotopic (exact) mass is 291 g/mol. The number of ether oxygens (including phenoxy) is 2. The molecule has 116 valence electrons. The zero-order valence-corrected chi connectivity index (χ0v) is 13.3. The lowest BCUT2D eigenvalue weighted by molar-refractivity contribution is -0.149. The second kappa shape index (κ2) is 6.48. The van der Waals surface area contributed by atoms with E-state index in [4.69, 9.17) is 9.47 Å². The van der Waals surface area contributed by atoms with Gasteiger partial charge in [0.25, 0.3) is 0 Å². The molecule has 0 spiro atoms. The highest BCUT2D eigenvalue weighted by molar-refractivity contribution is 5.81. The van der Waals surface area contributed by atoms with Crippen molar-refractivity contribution in [2.24, 2.45) is 0 Å². The van der Waals surface area contributed by atoms with Crippen molar-refractivity contribution >= 4 is 5.97 Å². The Morgan fingerprint density at radius 2 is 2.19 bits per heavy atom. The summed E-state index contributed by atoms with van der Waals surface area (Å²) in [5.41, 5.74) is 0.558. The van der Waals surface area contributed by atoms with E-state index in [0.29, 0.717) is 6.42 Å². The summed E-state index contributed by atoms with van der Waals surface area (Å²) in [6, 6.07) is 8.23. The Labute approximate surface area is 126 Å². The highest BCUT2D eigenvalue weighted by atomic mass is 16.5. The van der Waals surface area contributed by atoms with Crippen LogP contribution in [0, 0.1) is 6.92 Å². The van der Waals surface area contributed by atoms with Crippen LogP contribution in [0.2, 0.25) is 0 Å². The molecule has 1 aromatic rings. The van der Waals surface area contributed by atoms with E-state index in [0.717, 1.165) is 18.6 Å². The van der Waals surface area contributed by atoms with Crippen LogP contribution in [0.1, 0.15) is 38.7 Å². The fourth-order valence-corrected chi connectivity index (χ4v) is 3.11. The zero-order valence-electron chi connectivity index (χ0n) is 13.3. The lowest BCUT2D eigenvalue weighted by Crippen LogP contribution is -2.54. The Morgan fingerprint density at radius 3 is 2.81 bits per heavy atom. The van der Waals surface area contributed by atoms with Gasteiger partial charge in [0.2, 0.25) is 0 Å². The second-order valence-electron chi connectivity index (χ2n) is 6.17. The Hall–Kier alpha value is -1.55. The normalized spacial score (nSPS) is 25.1. The molecule has 1 aliphatic rings. The van der Waals surface area contributed by atoms with Gasteiger partial charge in [0.1, 0.15) is 17.4 Å². The average Bonchev–Trinajstić information content (AvgIpc) is 2.81. The fourth-order valence-electron chi connectivity index (χ4n) is 3.11. The molecular weight excluding hydrogens is 266 g/mol. The van der Waals surface area contributed by atoms with Crippen LogP contribution in [0.5, 0.6) is 5.75 Å².